The Bertz CT molecular complexity index is 364. The average Bonchev–Trinajstić information content (AvgIpc) is 2.16. The molecule has 2 atom stereocenters. The molecule has 0 spiro atoms. The first-order valence-corrected chi connectivity index (χ1v) is 4.68. The van der Waals surface area contributed by atoms with Gasteiger partial charge in [-0.05, 0) is 30.7 Å². The Balaban J connectivity index is 2.31. The van der Waals surface area contributed by atoms with Gasteiger partial charge in [0.25, 0.3) is 5.24 Å². The maximum absolute atomic E-state index is 11.0. The molecule has 0 radical (unpaired) electrons. The van der Waals surface area contributed by atoms with Crippen molar-refractivity contribution in [2.24, 2.45) is 0 Å². The summed E-state index contributed by atoms with van der Waals surface area (Å²) in [6, 6.07) is 7.19. The van der Waals surface area contributed by atoms with Gasteiger partial charge >= 0.3 is 0 Å². The number of benzene rings is 1. The van der Waals surface area contributed by atoms with Crippen LogP contribution in [0.5, 0.6) is 11.5 Å². The fourth-order valence-electron chi connectivity index (χ4n) is 1.37. The van der Waals surface area contributed by atoms with Crippen molar-refractivity contribution in [3.05, 3.63) is 24.3 Å². The molecule has 0 unspecified atom stereocenters. The standard InChI is InChI=1S/C10H9ClO3/c1-6-9(10(11)12)14-8-5-3-2-4-7(8)13-6/h2-6,9H,1H3/t6-,9+/m0/s1. The highest BCUT2D eigenvalue weighted by atomic mass is 35.5. The van der Waals surface area contributed by atoms with Gasteiger partial charge in [0, 0.05) is 0 Å². The van der Waals surface area contributed by atoms with Crippen molar-refractivity contribution in [2.75, 3.05) is 0 Å². The van der Waals surface area contributed by atoms with E-state index in [9.17, 15) is 4.79 Å². The maximum Gasteiger partial charge on any atom is 0.266 e. The largest absolute Gasteiger partial charge is 0.482 e. The highest BCUT2D eigenvalue weighted by molar-refractivity contribution is 6.64. The first-order valence-electron chi connectivity index (χ1n) is 4.30. The summed E-state index contributed by atoms with van der Waals surface area (Å²) in [4.78, 5) is 11.0. The Morgan fingerprint density at radius 1 is 1.29 bits per heavy atom. The molecule has 3 nitrogen and oxygen atoms in total. The number of halogens is 1. The molecule has 1 aromatic rings. The van der Waals surface area contributed by atoms with Crippen molar-refractivity contribution >= 4 is 16.8 Å². The van der Waals surface area contributed by atoms with Crippen LogP contribution in [-0.4, -0.2) is 17.5 Å². The highest BCUT2D eigenvalue weighted by Crippen LogP contribution is 2.33. The predicted molar refractivity (Wildman–Crippen MR) is 51.8 cm³/mol. The molecule has 0 aliphatic carbocycles. The number of ether oxygens (including phenoxy) is 2. The molecule has 4 heteroatoms. The SMILES string of the molecule is C[C@@H]1Oc2ccccc2O[C@H]1C(=O)Cl. The van der Waals surface area contributed by atoms with E-state index < -0.39 is 11.3 Å². The van der Waals surface area contributed by atoms with E-state index in [0.717, 1.165) is 0 Å². The average molecular weight is 213 g/mol. The van der Waals surface area contributed by atoms with Crippen molar-refractivity contribution in [1.29, 1.82) is 0 Å². The lowest BCUT2D eigenvalue weighted by Gasteiger charge is -2.29. The van der Waals surface area contributed by atoms with Crippen LogP contribution >= 0.6 is 11.6 Å². The summed E-state index contributed by atoms with van der Waals surface area (Å²) in [6.07, 6.45) is -1.07. The molecule has 1 aromatic carbocycles. The summed E-state index contributed by atoms with van der Waals surface area (Å²) < 4.78 is 10.9. The third-order valence-electron chi connectivity index (χ3n) is 2.07. The van der Waals surface area contributed by atoms with E-state index in [4.69, 9.17) is 21.1 Å². The van der Waals surface area contributed by atoms with Gasteiger partial charge in [0.05, 0.1) is 0 Å². The molecule has 0 aromatic heterocycles. The van der Waals surface area contributed by atoms with E-state index in [-0.39, 0.29) is 6.10 Å². The van der Waals surface area contributed by atoms with Crippen LogP contribution in [0, 0.1) is 0 Å². The smallest absolute Gasteiger partial charge is 0.266 e. The Morgan fingerprint density at radius 2 is 1.86 bits per heavy atom. The zero-order valence-corrected chi connectivity index (χ0v) is 8.32. The highest BCUT2D eigenvalue weighted by Gasteiger charge is 2.32. The van der Waals surface area contributed by atoms with E-state index >= 15 is 0 Å². The molecule has 1 aliphatic heterocycles. The number of hydrogen-bond donors (Lipinski definition) is 0. The minimum absolute atomic E-state index is 0.352. The quantitative estimate of drug-likeness (QED) is 0.668. The number of fused-ring (bicyclic) bond motifs is 1. The molecule has 74 valence electrons. The Labute approximate surface area is 86.6 Å². The lowest BCUT2D eigenvalue weighted by Crippen LogP contribution is -2.41. The summed E-state index contributed by atoms with van der Waals surface area (Å²) in [5, 5.41) is -0.535. The Hall–Kier alpha value is -1.22. The molecule has 0 N–H and O–H groups in total. The molecular weight excluding hydrogens is 204 g/mol. The van der Waals surface area contributed by atoms with E-state index in [1.807, 2.05) is 12.1 Å². The van der Waals surface area contributed by atoms with Gasteiger partial charge in [-0.2, -0.15) is 0 Å². The summed E-state index contributed by atoms with van der Waals surface area (Å²) in [7, 11) is 0. The maximum atomic E-state index is 11.0. The molecule has 0 saturated heterocycles. The van der Waals surface area contributed by atoms with Crippen LogP contribution in [-0.2, 0) is 4.79 Å². The second-order valence-corrected chi connectivity index (χ2v) is 3.48. The van der Waals surface area contributed by atoms with Gasteiger partial charge in [0.15, 0.2) is 11.5 Å². The zero-order chi connectivity index (χ0) is 10.1. The second-order valence-electron chi connectivity index (χ2n) is 3.11. The Morgan fingerprint density at radius 3 is 2.43 bits per heavy atom. The number of carbonyl (C=O) groups excluding carboxylic acids is 1. The van der Waals surface area contributed by atoms with Crippen molar-refractivity contribution < 1.29 is 14.3 Å². The summed E-state index contributed by atoms with van der Waals surface area (Å²) in [6.45, 7) is 1.75. The van der Waals surface area contributed by atoms with Crippen molar-refractivity contribution in [3.8, 4) is 11.5 Å². The molecule has 0 fully saturated rings. The van der Waals surface area contributed by atoms with Crippen LogP contribution in [0.2, 0.25) is 0 Å². The normalized spacial score (nSPS) is 24.4. The zero-order valence-electron chi connectivity index (χ0n) is 7.57. The Kier molecular flexibility index (Phi) is 2.33. The van der Waals surface area contributed by atoms with Crippen LogP contribution in [0.25, 0.3) is 0 Å². The molecule has 1 heterocycles. The monoisotopic (exact) mass is 212 g/mol. The molecular formula is C10H9ClO3. The summed E-state index contributed by atoms with van der Waals surface area (Å²) >= 11 is 5.37. The second kappa shape index (κ2) is 3.50. The minimum Gasteiger partial charge on any atom is -0.482 e. The van der Waals surface area contributed by atoms with Gasteiger partial charge in [-0.15, -0.1) is 0 Å². The number of rotatable bonds is 1. The molecule has 14 heavy (non-hydrogen) atoms. The molecule has 0 bridgehead atoms. The van der Waals surface area contributed by atoms with E-state index in [0.29, 0.717) is 11.5 Å². The molecule has 2 rings (SSSR count). The third kappa shape index (κ3) is 1.55. The van der Waals surface area contributed by atoms with E-state index in [2.05, 4.69) is 0 Å². The number of para-hydroxylation sites is 2. The minimum atomic E-state index is -0.716. The third-order valence-corrected chi connectivity index (χ3v) is 2.28. The van der Waals surface area contributed by atoms with Gasteiger partial charge in [-0.1, -0.05) is 12.1 Å². The van der Waals surface area contributed by atoms with Crippen LogP contribution in [0.15, 0.2) is 24.3 Å². The van der Waals surface area contributed by atoms with Gasteiger partial charge in [-0.3, -0.25) is 4.79 Å². The van der Waals surface area contributed by atoms with E-state index in [1.54, 1.807) is 19.1 Å². The van der Waals surface area contributed by atoms with E-state index in [1.165, 1.54) is 0 Å². The van der Waals surface area contributed by atoms with Gasteiger partial charge in [0.2, 0.25) is 6.10 Å². The predicted octanol–water partition coefficient (Wildman–Crippen LogP) is 1.98. The molecule has 1 aliphatic rings. The number of carbonyl (C=O) groups is 1. The topological polar surface area (TPSA) is 35.5 Å². The van der Waals surface area contributed by atoms with Crippen LogP contribution in [0.4, 0.5) is 0 Å². The fraction of sp³-hybridized carbons (Fsp3) is 0.300. The molecule has 0 saturated carbocycles. The first-order chi connectivity index (χ1) is 6.68. The first kappa shape index (κ1) is 9.34. The lowest BCUT2D eigenvalue weighted by molar-refractivity contribution is -0.122. The lowest BCUT2D eigenvalue weighted by atomic mass is 10.2. The van der Waals surface area contributed by atoms with Crippen molar-refractivity contribution in [3.63, 3.8) is 0 Å². The van der Waals surface area contributed by atoms with Crippen molar-refractivity contribution in [2.45, 2.75) is 19.1 Å². The van der Waals surface area contributed by atoms with Crippen LogP contribution < -0.4 is 9.47 Å². The molecule has 0 amide bonds. The summed E-state index contributed by atoms with van der Waals surface area (Å²) in [5.74, 6) is 1.21. The van der Waals surface area contributed by atoms with Crippen LogP contribution in [0.3, 0.4) is 0 Å². The van der Waals surface area contributed by atoms with Gasteiger partial charge in [0.1, 0.15) is 6.10 Å². The van der Waals surface area contributed by atoms with Gasteiger partial charge in [-0.25, -0.2) is 0 Å². The summed E-state index contributed by atoms with van der Waals surface area (Å²) in [5.41, 5.74) is 0. The number of hydrogen-bond acceptors (Lipinski definition) is 3. The van der Waals surface area contributed by atoms with Crippen molar-refractivity contribution in [1.82, 2.24) is 0 Å². The van der Waals surface area contributed by atoms with Crippen LogP contribution in [0.1, 0.15) is 6.92 Å². The fourth-order valence-corrected chi connectivity index (χ4v) is 1.59. The van der Waals surface area contributed by atoms with Gasteiger partial charge < -0.3 is 9.47 Å².